The molecule has 0 spiro atoms. The van der Waals surface area contributed by atoms with Crippen molar-refractivity contribution in [2.75, 3.05) is 23.5 Å². The monoisotopic (exact) mass is 225 g/mol. The van der Waals surface area contributed by atoms with Gasteiger partial charge in [0.25, 0.3) is 0 Å². The minimum atomic E-state index is -2.90. The van der Waals surface area contributed by atoms with Gasteiger partial charge in [-0.3, -0.25) is 0 Å². The molecule has 1 atom stereocenters. The highest BCUT2D eigenvalue weighted by Gasteiger charge is 2.14. The lowest BCUT2D eigenvalue weighted by Crippen LogP contribution is -2.30. The zero-order valence-electron chi connectivity index (χ0n) is 8.32. The van der Waals surface area contributed by atoms with Crippen molar-refractivity contribution in [3.8, 4) is 0 Å². The number of hydrogen-bond acceptors (Lipinski definition) is 4. The third-order valence-corrected chi connectivity index (χ3v) is 4.34. The lowest BCUT2D eigenvalue weighted by atomic mass is 10.3. The first-order valence-corrected chi connectivity index (χ1v) is 7.68. The summed E-state index contributed by atoms with van der Waals surface area (Å²) in [4.78, 5) is 0. The van der Waals surface area contributed by atoms with Gasteiger partial charge < -0.3 is 5.73 Å². The molecule has 0 aliphatic carbocycles. The minimum absolute atomic E-state index is 0.137. The summed E-state index contributed by atoms with van der Waals surface area (Å²) < 4.78 is 22.8. The molecule has 2 N–H and O–H groups in total. The predicted octanol–water partition coefficient (Wildman–Crippen LogP) is 0.892. The van der Waals surface area contributed by atoms with E-state index in [0.717, 1.165) is 18.6 Å². The molecule has 0 bridgehead atoms. The van der Waals surface area contributed by atoms with Crippen LogP contribution in [-0.2, 0) is 9.84 Å². The molecular weight excluding hydrogens is 206 g/mol. The van der Waals surface area contributed by atoms with E-state index >= 15 is 0 Å². The van der Waals surface area contributed by atoms with Gasteiger partial charge >= 0.3 is 0 Å². The molecule has 1 unspecified atom stereocenters. The summed E-state index contributed by atoms with van der Waals surface area (Å²) in [6.45, 7) is 1.90. The normalized spacial score (nSPS) is 14.4. The van der Waals surface area contributed by atoms with Gasteiger partial charge in [0, 0.05) is 6.04 Å². The van der Waals surface area contributed by atoms with E-state index in [2.05, 4.69) is 0 Å². The second-order valence-electron chi connectivity index (χ2n) is 3.13. The quantitative estimate of drug-likeness (QED) is 0.654. The maximum atomic E-state index is 11.4. The first kappa shape index (κ1) is 13.3. The number of rotatable bonds is 7. The average Bonchev–Trinajstić information content (AvgIpc) is 2.03. The van der Waals surface area contributed by atoms with Gasteiger partial charge in [0.05, 0.1) is 11.5 Å². The van der Waals surface area contributed by atoms with Crippen molar-refractivity contribution in [3.63, 3.8) is 0 Å². The molecule has 0 saturated heterocycles. The summed E-state index contributed by atoms with van der Waals surface area (Å²) in [6, 6.07) is -0.195. The van der Waals surface area contributed by atoms with Crippen LogP contribution in [0.4, 0.5) is 0 Å². The van der Waals surface area contributed by atoms with Gasteiger partial charge in [0.15, 0.2) is 9.84 Å². The Hall–Kier alpha value is 0.260. The molecule has 0 radical (unpaired) electrons. The molecular formula is C8H19NO2S2. The summed E-state index contributed by atoms with van der Waals surface area (Å²) in [5, 5.41) is 0. The van der Waals surface area contributed by atoms with Crippen LogP contribution in [0, 0.1) is 0 Å². The van der Waals surface area contributed by atoms with Crippen LogP contribution >= 0.6 is 11.8 Å². The molecule has 0 fully saturated rings. The van der Waals surface area contributed by atoms with Crippen molar-refractivity contribution in [1.82, 2.24) is 0 Å². The Kier molecular flexibility index (Phi) is 6.81. The van der Waals surface area contributed by atoms with Gasteiger partial charge in [-0.15, -0.1) is 0 Å². The number of thioether (sulfide) groups is 1. The molecule has 0 heterocycles. The van der Waals surface area contributed by atoms with E-state index < -0.39 is 9.84 Å². The summed E-state index contributed by atoms with van der Waals surface area (Å²) in [5.41, 5.74) is 5.58. The number of sulfone groups is 1. The van der Waals surface area contributed by atoms with Gasteiger partial charge in [0.1, 0.15) is 0 Å². The Morgan fingerprint density at radius 2 is 2.08 bits per heavy atom. The maximum Gasteiger partial charge on any atom is 0.151 e. The maximum absolute atomic E-state index is 11.4. The Balaban J connectivity index is 3.81. The molecule has 3 nitrogen and oxygen atoms in total. The molecule has 0 rings (SSSR count). The third-order valence-electron chi connectivity index (χ3n) is 1.80. The first-order chi connectivity index (χ1) is 6.02. The van der Waals surface area contributed by atoms with Crippen LogP contribution in [0.3, 0.4) is 0 Å². The van der Waals surface area contributed by atoms with E-state index in [4.69, 9.17) is 5.73 Å². The zero-order valence-corrected chi connectivity index (χ0v) is 9.96. The van der Waals surface area contributed by atoms with E-state index in [0.29, 0.717) is 0 Å². The van der Waals surface area contributed by atoms with Crippen LogP contribution < -0.4 is 5.73 Å². The lowest BCUT2D eigenvalue weighted by Gasteiger charge is -2.08. The fourth-order valence-corrected chi connectivity index (χ4v) is 3.21. The van der Waals surface area contributed by atoms with Crippen LogP contribution in [0.2, 0.25) is 0 Å². The van der Waals surface area contributed by atoms with Crippen molar-refractivity contribution in [2.45, 2.75) is 25.8 Å². The van der Waals surface area contributed by atoms with Crippen LogP contribution in [0.15, 0.2) is 0 Å². The van der Waals surface area contributed by atoms with E-state index in [1.54, 1.807) is 11.8 Å². The second kappa shape index (κ2) is 6.68. The minimum Gasteiger partial charge on any atom is -0.327 e. The number of nitrogens with two attached hydrogens (primary N) is 1. The Bertz CT molecular complexity index is 214. The molecule has 0 aromatic rings. The molecule has 0 saturated carbocycles. The van der Waals surface area contributed by atoms with E-state index in [-0.39, 0.29) is 17.5 Å². The van der Waals surface area contributed by atoms with Crippen molar-refractivity contribution in [3.05, 3.63) is 0 Å². The predicted molar refractivity (Wildman–Crippen MR) is 59.9 cm³/mol. The fraction of sp³-hybridized carbons (Fsp3) is 1.00. The van der Waals surface area contributed by atoms with Crippen LogP contribution in [0.1, 0.15) is 19.8 Å². The average molecular weight is 225 g/mol. The second-order valence-corrected chi connectivity index (χ2v) is 6.34. The van der Waals surface area contributed by atoms with E-state index in [1.165, 1.54) is 0 Å². The highest BCUT2D eigenvalue weighted by atomic mass is 32.2. The van der Waals surface area contributed by atoms with E-state index in [1.807, 2.05) is 13.2 Å². The van der Waals surface area contributed by atoms with Crippen LogP contribution in [-0.4, -0.2) is 38.0 Å². The largest absolute Gasteiger partial charge is 0.327 e. The Morgan fingerprint density at radius 1 is 1.46 bits per heavy atom. The molecule has 0 amide bonds. The lowest BCUT2D eigenvalue weighted by molar-refractivity contribution is 0.582. The van der Waals surface area contributed by atoms with Gasteiger partial charge in [-0.25, -0.2) is 8.42 Å². The van der Waals surface area contributed by atoms with Gasteiger partial charge in [0.2, 0.25) is 0 Å². The topological polar surface area (TPSA) is 60.2 Å². The van der Waals surface area contributed by atoms with Crippen LogP contribution in [0.5, 0.6) is 0 Å². The smallest absolute Gasteiger partial charge is 0.151 e. The molecule has 5 heteroatoms. The summed E-state index contributed by atoms with van der Waals surface area (Å²) >= 11 is 1.67. The van der Waals surface area contributed by atoms with Crippen molar-refractivity contribution < 1.29 is 8.42 Å². The van der Waals surface area contributed by atoms with Crippen LogP contribution in [0.25, 0.3) is 0 Å². The molecule has 13 heavy (non-hydrogen) atoms. The third kappa shape index (κ3) is 7.34. The van der Waals surface area contributed by atoms with Crippen molar-refractivity contribution in [2.24, 2.45) is 5.73 Å². The summed E-state index contributed by atoms with van der Waals surface area (Å²) in [6.07, 6.45) is 3.44. The molecule has 0 aromatic heterocycles. The SMILES string of the molecule is CCC(N)CS(=O)(=O)CCCSC. The highest BCUT2D eigenvalue weighted by Crippen LogP contribution is 2.02. The first-order valence-electron chi connectivity index (χ1n) is 4.46. The highest BCUT2D eigenvalue weighted by molar-refractivity contribution is 7.98. The molecule has 0 aromatic carbocycles. The standard InChI is InChI=1S/C8H19NO2S2/c1-3-8(9)7-13(10,11)6-4-5-12-2/h8H,3-7,9H2,1-2H3. The molecule has 80 valence electrons. The van der Waals surface area contributed by atoms with Gasteiger partial charge in [-0.05, 0) is 24.9 Å². The summed E-state index contributed by atoms with van der Waals surface area (Å²) in [7, 11) is -2.90. The summed E-state index contributed by atoms with van der Waals surface area (Å²) in [5.74, 6) is 1.32. The van der Waals surface area contributed by atoms with Crippen molar-refractivity contribution in [1.29, 1.82) is 0 Å². The Morgan fingerprint density at radius 3 is 2.54 bits per heavy atom. The number of hydrogen-bond donors (Lipinski definition) is 1. The van der Waals surface area contributed by atoms with E-state index in [9.17, 15) is 8.42 Å². The van der Waals surface area contributed by atoms with Crippen molar-refractivity contribution >= 4 is 21.6 Å². The molecule has 0 aliphatic heterocycles. The fourth-order valence-electron chi connectivity index (χ4n) is 0.951. The van der Waals surface area contributed by atoms with Gasteiger partial charge in [-0.2, -0.15) is 11.8 Å². The van der Waals surface area contributed by atoms with Gasteiger partial charge in [-0.1, -0.05) is 6.92 Å². The zero-order chi connectivity index (χ0) is 10.3. The Labute approximate surface area is 85.4 Å². The molecule has 0 aliphatic rings.